The number of benzene rings is 2. The van der Waals surface area contributed by atoms with Crippen LogP contribution in [0, 0.1) is 6.92 Å². The summed E-state index contributed by atoms with van der Waals surface area (Å²) in [6.45, 7) is 4.50. The predicted octanol–water partition coefficient (Wildman–Crippen LogP) is 4.70. The van der Waals surface area contributed by atoms with Crippen molar-refractivity contribution < 1.29 is 17.9 Å². The van der Waals surface area contributed by atoms with Crippen LogP contribution in [0.4, 0.5) is 13.2 Å². The van der Waals surface area contributed by atoms with Crippen molar-refractivity contribution in [3.63, 3.8) is 0 Å². The topological polar surface area (TPSA) is 47.3 Å². The molecule has 1 unspecified atom stereocenters. The Morgan fingerprint density at radius 3 is 2.54 bits per heavy atom. The summed E-state index contributed by atoms with van der Waals surface area (Å²) in [6.07, 6.45) is -3.15. The molecule has 1 saturated heterocycles. The molecule has 6 heteroatoms. The highest BCUT2D eigenvalue weighted by atomic mass is 19.4. The van der Waals surface area contributed by atoms with Crippen LogP contribution in [0.5, 0.6) is 0 Å². The Bertz CT molecular complexity index is 784. The van der Waals surface area contributed by atoms with E-state index in [1.165, 1.54) is 6.07 Å². The summed E-state index contributed by atoms with van der Waals surface area (Å²) in [5.41, 5.74) is 7.22. The minimum Gasteiger partial charge on any atom is -0.372 e. The van der Waals surface area contributed by atoms with Gasteiger partial charge in [-0.15, -0.1) is 0 Å². The van der Waals surface area contributed by atoms with Gasteiger partial charge in [-0.25, -0.2) is 0 Å². The second kappa shape index (κ2) is 8.23. The van der Waals surface area contributed by atoms with Gasteiger partial charge in [0.15, 0.2) is 0 Å². The lowest BCUT2D eigenvalue weighted by atomic mass is 9.81. The summed E-state index contributed by atoms with van der Waals surface area (Å²) in [5, 5.41) is 3.52. The third kappa shape index (κ3) is 4.74. The summed E-state index contributed by atoms with van der Waals surface area (Å²) < 4.78 is 45.5. The van der Waals surface area contributed by atoms with E-state index in [1.807, 2.05) is 30.3 Å². The van der Waals surface area contributed by atoms with Crippen LogP contribution >= 0.6 is 0 Å². The van der Waals surface area contributed by atoms with Crippen LogP contribution in [0.1, 0.15) is 48.1 Å². The van der Waals surface area contributed by atoms with Gasteiger partial charge in [0.1, 0.15) is 0 Å². The first-order valence-electron chi connectivity index (χ1n) is 9.56. The second-order valence-corrected chi connectivity index (χ2v) is 7.71. The van der Waals surface area contributed by atoms with Crippen LogP contribution in [-0.2, 0) is 16.5 Å². The SMILES string of the molecule is Cc1cc([C@@H](C)OC[C@@]2(c3ccccc3)CCC(N)CN2)cc(C(F)(F)F)c1. The molecule has 1 aliphatic rings. The number of hydrogen-bond acceptors (Lipinski definition) is 3. The molecule has 0 saturated carbocycles. The molecule has 152 valence electrons. The molecule has 3 rings (SSSR count). The molecule has 1 aliphatic heterocycles. The van der Waals surface area contributed by atoms with Gasteiger partial charge in [0.05, 0.1) is 23.8 Å². The van der Waals surface area contributed by atoms with Gasteiger partial charge in [0, 0.05) is 12.6 Å². The van der Waals surface area contributed by atoms with Gasteiger partial charge in [-0.1, -0.05) is 42.0 Å². The van der Waals surface area contributed by atoms with Crippen molar-refractivity contribution in [3.8, 4) is 0 Å². The van der Waals surface area contributed by atoms with Crippen molar-refractivity contribution in [1.29, 1.82) is 0 Å². The standard InChI is InChI=1S/C22H27F3N2O/c1-15-10-17(12-19(11-15)22(23,24)25)16(2)28-14-21(9-8-20(26)13-27-21)18-6-4-3-5-7-18/h3-7,10-12,16,20,27H,8-9,13-14,26H2,1-2H3/t16-,20?,21-/m1/s1. The number of rotatable bonds is 5. The zero-order chi connectivity index (χ0) is 20.4. The van der Waals surface area contributed by atoms with Crippen LogP contribution in [0.15, 0.2) is 48.5 Å². The minimum absolute atomic E-state index is 0.0976. The lowest BCUT2D eigenvalue weighted by Crippen LogP contribution is -2.55. The molecule has 0 spiro atoms. The molecule has 3 atom stereocenters. The van der Waals surface area contributed by atoms with E-state index in [9.17, 15) is 13.2 Å². The first-order valence-corrected chi connectivity index (χ1v) is 9.56. The number of ether oxygens (including phenoxy) is 1. The molecule has 1 heterocycles. The Hall–Kier alpha value is -1.89. The maximum Gasteiger partial charge on any atom is 0.416 e. The molecule has 3 nitrogen and oxygen atoms in total. The highest BCUT2D eigenvalue weighted by Gasteiger charge is 2.37. The molecule has 0 bridgehead atoms. The summed E-state index contributed by atoms with van der Waals surface area (Å²) in [6, 6.07) is 14.2. The predicted molar refractivity (Wildman–Crippen MR) is 104 cm³/mol. The molecule has 2 aromatic rings. The maximum absolute atomic E-state index is 13.1. The number of nitrogens with one attached hydrogen (secondary N) is 1. The van der Waals surface area contributed by atoms with E-state index in [1.54, 1.807) is 19.9 Å². The Morgan fingerprint density at radius 1 is 1.21 bits per heavy atom. The van der Waals surface area contributed by atoms with E-state index in [0.717, 1.165) is 24.5 Å². The molecule has 1 fully saturated rings. The number of nitrogens with two attached hydrogens (primary N) is 1. The van der Waals surface area contributed by atoms with Gasteiger partial charge in [-0.05, 0) is 49.9 Å². The molecule has 0 aromatic heterocycles. The molecule has 28 heavy (non-hydrogen) atoms. The zero-order valence-electron chi connectivity index (χ0n) is 16.2. The Morgan fingerprint density at radius 2 is 1.93 bits per heavy atom. The Balaban J connectivity index is 1.80. The molecule has 0 aliphatic carbocycles. The molecule has 0 amide bonds. The van der Waals surface area contributed by atoms with Gasteiger partial charge in [-0.2, -0.15) is 13.2 Å². The first kappa shape index (κ1) is 20.8. The number of aryl methyl sites for hydroxylation is 1. The van der Waals surface area contributed by atoms with Crippen LogP contribution in [-0.4, -0.2) is 19.2 Å². The average molecular weight is 392 g/mol. The van der Waals surface area contributed by atoms with Gasteiger partial charge < -0.3 is 15.8 Å². The molecule has 2 aromatic carbocycles. The largest absolute Gasteiger partial charge is 0.416 e. The average Bonchev–Trinajstić information content (AvgIpc) is 2.67. The van der Waals surface area contributed by atoms with Crippen molar-refractivity contribution in [2.45, 2.75) is 50.6 Å². The fourth-order valence-corrected chi connectivity index (χ4v) is 3.73. The van der Waals surface area contributed by atoms with Crippen molar-refractivity contribution in [2.75, 3.05) is 13.2 Å². The molecular formula is C22H27F3N2O. The lowest BCUT2D eigenvalue weighted by molar-refractivity contribution is -0.137. The molecular weight excluding hydrogens is 365 g/mol. The Labute approximate surface area is 164 Å². The summed E-state index contributed by atoms with van der Waals surface area (Å²) in [7, 11) is 0. The van der Waals surface area contributed by atoms with Gasteiger partial charge in [0.25, 0.3) is 0 Å². The van der Waals surface area contributed by atoms with E-state index in [0.29, 0.717) is 24.3 Å². The van der Waals surface area contributed by atoms with Crippen LogP contribution in [0.3, 0.4) is 0 Å². The normalized spacial score (nSPS) is 24.1. The Kier molecular flexibility index (Phi) is 6.12. The van der Waals surface area contributed by atoms with Crippen LogP contribution in [0.2, 0.25) is 0 Å². The smallest absolute Gasteiger partial charge is 0.372 e. The number of halogens is 3. The van der Waals surface area contributed by atoms with E-state index >= 15 is 0 Å². The number of hydrogen-bond donors (Lipinski definition) is 2. The fourth-order valence-electron chi connectivity index (χ4n) is 3.73. The van der Waals surface area contributed by atoms with E-state index in [-0.39, 0.29) is 11.6 Å². The number of alkyl halides is 3. The van der Waals surface area contributed by atoms with Gasteiger partial charge >= 0.3 is 6.18 Å². The van der Waals surface area contributed by atoms with E-state index in [2.05, 4.69) is 5.32 Å². The van der Waals surface area contributed by atoms with Gasteiger partial charge in [0.2, 0.25) is 0 Å². The van der Waals surface area contributed by atoms with Crippen LogP contribution in [0.25, 0.3) is 0 Å². The first-order chi connectivity index (χ1) is 13.2. The van der Waals surface area contributed by atoms with Crippen molar-refractivity contribution in [3.05, 3.63) is 70.8 Å². The monoisotopic (exact) mass is 392 g/mol. The summed E-state index contributed by atoms with van der Waals surface area (Å²) >= 11 is 0. The van der Waals surface area contributed by atoms with Gasteiger partial charge in [-0.3, -0.25) is 0 Å². The van der Waals surface area contributed by atoms with Crippen molar-refractivity contribution in [1.82, 2.24) is 5.32 Å². The lowest BCUT2D eigenvalue weighted by Gasteiger charge is -2.41. The quantitative estimate of drug-likeness (QED) is 0.776. The zero-order valence-corrected chi connectivity index (χ0v) is 16.2. The number of piperidine rings is 1. The van der Waals surface area contributed by atoms with E-state index in [4.69, 9.17) is 10.5 Å². The summed E-state index contributed by atoms with van der Waals surface area (Å²) in [4.78, 5) is 0. The second-order valence-electron chi connectivity index (χ2n) is 7.71. The van der Waals surface area contributed by atoms with Crippen molar-refractivity contribution >= 4 is 0 Å². The molecule has 0 radical (unpaired) electrons. The highest BCUT2D eigenvalue weighted by Crippen LogP contribution is 2.35. The third-order valence-corrected chi connectivity index (χ3v) is 5.45. The third-order valence-electron chi connectivity index (χ3n) is 5.45. The van der Waals surface area contributed by atoms with Crippen LogP contribution < -0.4 is 11.1 Å². The molecule has 3 N–H and O–H groups in total. The highest BCUT2D eigenvalue weighted by molar-refractivity contribution is 5.32. The van der Waals surface area contributed by atoms with Crippen molar-refractivity contribution in [2.24, 2.45) is 5.73 Å². The maximum atomic E-state index is 13.1. The summed E-state index contributed by atoms with van der Waals surface area (Å²) in [5.74, 6) is 0. The fraction of sp³-hybridized carbons (Fsp3) is 0.455. The van der Waals surface area contributed by atoms with E-state index < -0.39 is 17.8 Å². The minimum atomic E-state index is -4.37.